The highest BCUT2D eigenvalue weighted by molar-refractivity contribution is 6.64. The second kappa shape index (κ2) is 5.34. The van der Waals surface area contributed by atoms with Gasteiger partial charge in [-0.1, -0.05) is 0 Å². The zero-order chi connectivity index (χ0) is 13.8. The molecule has 0 fully saturated rings. The number of carbonyl (C=O) groups excluding carboxylic acids is 1. The van der Waals surface area contributed by atoms with Crippen LogP contribution in [-0.4, -0.2) is 43.9 Å². The molecule has 0 aromatic carbocycles. The van der Waals surface area contributed by atoms with E-state index in [1.807, 2.05) is 0 Å². The molecule has 0 radical (unpaired) electrons. The zero-order valence-corrected chi connectivity index (χ0v) is 9.19. The summed E-state index contributed by atoms with van der Waals surface area (Å²) in [5, 5.41) is 29.1. The maximum Gasteiger partial charge on any atom is 0.478 e. The molecule has 0 saturated heterocycles. The minimum atomic E-state index is -2.79. The summed E-state index contributed by atoms with van der Waals surface area (Å²) in [6.45, 7) is -1.55. The van der Waals surface area contributed by atoms with Crippen LogP contribution < -0.4 is 0 Å². The first-order valence-corrected chi connectivity index (χ1v) is 4.35. The lowest BCUT2D eigenvalue weighted by Crippen LogP contribution is -2.54. The quantitative estimate of drug-likeness (QED) is 0.260. The van der Waals surface area contributed by atoms with Gasteiger partial charge in [-0.25, -0.2) is 10.1 Å². The van der Waals surface area contributed by atoms with Gasteiger partial charge in [-0.3, -0.25) is 25.0 Å². The summed E-state index contributed by atoms with van der Waals surface area (Å²) in [5.74, 6) is 0. The Morgan fingerprint density at radius 3 is 1.88 bits per heavy atom. The third-order valence-corrected chi connectivity index (χ3v) is 1.93. The van der Waals surface area contributed by atoms with Crippen LogP contribution in [0.5, 0.6) is 0 Å². The van der Waals surface area contributed by atoms with Crippen LogP contribution in [0.25, 0.3) is 0 Å². The molecule has 17 heavy (non-hydrogen) atoms. The summed E-state index contributed by atoms with van der Waals surface area (Å²) in [7, 11) is 0. The van der Waals surface area contributed by atoms with E-state index in [0.717, 1.165) is 0 Å². The van der Waals surface area contributed by atoms with Crippen molar-refractivity contribution in [2.75, 3.05) is 13.1 Å². The number of halogens is 1. The van der Waals surface area contributed by atoms with Crippen LogP contribution in [0.2, 0.25) is 0 Å². The Morgan fingerprint density at radius 1 is 1.24 bits per heavy atom. The summed E-state index contributed by atoms with van der Waals surface area (Å²) in [6.07, 6.45) is 0. The highest BCUT2D eigenvalue weighted by atomic mass is 35.5. The molecule has 0 aromatic heterocycles. The van der Waals surface area contributed by atoms with E-state index in [0.29, 0.717) is 6.92 Å². The summed E-state index contributed by atoms with van der Waals surface area (Å²) in [5.41, 5.74) is -2.79. The first-order chi connectivity index (χ1) is 7.61. The normalized spacial score (nSPS) is 10.7. The van der Waals surface area contributed by atoms with Crippen LogP contribution in [-0.2, 0) is 4.79 Å². The van der Waals surface area contributed by atoms with Crippen molar-refractivity contribution in [3.8, 4) is 0 Å². The van der Waals surface area contributed by atoms with Crippen molar-refractivity contribution in [2.45, 2.75) is 12.6 Å². The van der Waals surface area contributed by atoms with Gasteiger partial charge in [-0.2, -0.15) is 0 Å². The number of carbonyl (C=O) groups is 1. The first kappa shape index (κ1) is 15.0. The highest BCUT2D eigenvalue weighted by Gasteiger charge is 2.54. The van der Waals surface area contributed by atoms with Crippen molar-refractivity contribution in [2.24, 2.45) is 0 Å². The van der Waals surface area contributed by atoms with E-state index in [4.69, 9.17) is 11.6 Å². The molecule has 11 nitrogen and oxygen atoms in total. The fourth-order valence-corrected chi connectivity index (χ4v) is 0.981. The van der Waals surface area contributed by atoms with E-state index < -0.39 is 38.9 Å². The molecule has 0 amide bonds. The van der Waals surface area contributed by atoms with Crippen molar-refractivity contribution in [1.82, 2.24) is 5.01 Å². The summed E-state index contributed by atoms with van der Waals surface area (Å²) >= 11 is 4.88. The Morgan fingerprint density at radius 2 is 1.65 bits per heavy atom. The van der Waals surface area contributed by atoms with Crippen LogP contribution in [0.4, 0.5) is 0 Å². The molecular formula is C5H7ClN4O7. The van der Waals surface area contributed by atoms with Crippen LogP contribution in [0.3, 0.4) is 0 Å². The maximum atomic E-state index is 10.5. The predicted molar refractivity (Wildman–Crippen MR) is 51.8 cm³/mol. The third kappa shape index (κ3) is 3.79. The standard InChI is InChI=1S/C5H7ClN4O7/c1-5(8(12)13,9(14)15)3-7(10(16)17)2-4(6)11/h2-3H2,1H3. The van der Waals surface area contributed by atoms with Crippen molar-refractivity contribution < 1.29 is 19.7 Å². The van der Waals surface area contributed by atoms with Crippen molar-refractivity contribution in [3.63, 3.8) is 0 Å². The largest absolute Gasteiger partial charge is 0.478 e. The number of hydrazine groups is 1. The third-order valence-electron chi connectivity index (χ3n) is 1.81. The fourth-order valence-electron chi connectivity index (χ4n) is 0.843. The minimum absolute atomic E-state index is 0.0148. The van der Waals surface area contributed by atoms with Crippen molar-refractivity contribution >= 4 is 16.8 Å². The molecular weight excluding hydrogens is 264 g/mol. The molecule has 0 aliphatic heterocycles. The monoisotopic (exact) mass is 270 g/mol. The van der Waals surface area contributed by atoms with Gasteiger partial charge in [0, 0.05) is 0 Å². The molecule has 0 bridgehead atoms. The molecule has 0 atom stereocenters. The lowest BCUT2D eigenvalue weighted by atomic mass is 10.2. The summed E-state index contributed by atoms with van der Waals surface area (Å²) in [4.78, 5) is 39.4. The van der Waals surface area contributed by atoms with E-state index in [-0.39, 0.29) is 5.01 Å². The maximum absolute atomic E-state index is 10.5. The van der Waals surface area contributed by atoms with E-state index >= 15 is 0 Å². The Kier molecular flexibility index (Phi) is 4.70. The number of hydrogen-bond acceptors (Lipinski definition) is 7. The fraction of sp³-hybridized carbons (Fsp3) is 0.800. The second-order valence-electron chi connectivity index (χ2n) is 3.15. The smallest absolute Gasteiger partial charge is 0.279 e. The van der Waals surface area contributed by atoms with E-state index in [1.165, 1.54) is 0 Å². The number of nitro groups is 3. The molecule has 0 aromatic rings. The molecule has 96 valence electrons. The van der Waals surface area contributed by atoms with Gasteiger partial charge >= 0.3 is 5.66 Å². The molecule has 0 rings (SSSR count). The van der Waals surface area contributed by atoms with E-state index in [2.05, 4.69) is 0 Å². The second-order valence-corrected chi connectivity index (χ2v) is 3.57. The van der Waals surface area contributed by atoms with Crippen LogP contribution >= 0.6 is 11.6 Å². The zero-order valence-electron chi connectivity index (χ0n) is 8.44. The summed E-state index contributed by atoms with van der Waals surface area (Å²) < 4.78 is 0. The molecule has 0 spiro atoms. The number of rotatable bonds is 7. The Bertz CT molecular complexity index is 357. The molecule has 0 N–H and O–H groups in total. The first-order valence-electron chi connectivity index (χ1n) is 3.98. The SMILES string of the molecule is CC(CN(CC(=O)Cl)[N+](=O)[O-])([N+](=O)[O-])[N+](=O)[O-]. The van der Waals surface area contributed by atoms with Gasteiger partial charge in [0.25, 0.3) is 0 Å². The number of hydrogen-bond donors (Lipinski definition) is 0. The Labute approximate surface area is 98.4 Å². The molecule has 0 saturated carbocycles. The van der Waals surface area contributed by atoms with Gasteiger partial charge in [-0.05, 0) is 11.6 Å². The molecule has 12 heteroatoms. The molecule has 0 unspecified atom stereocenters. The minimum Gasteiger partial charge on any atom is -0.279 e. The van der Waals surface area contributed by atoms with Crippen molar-refractivity contribution in [1.29, 1.82) is 0 Å². The lowest BCUT2D eigenvalue weighted by molar-refractivity contribution is -0.804. The van der Waals surface area contributed by atoms with Crippen molar-refractivity contribution in [3.05, 3.63) is 30.3 Å². The van der Waals surface area contributed by atoms with Gasteiger partial charge in [0.2, 0.25) is 11.8 Å². The van der Waals surface area contributed by atoms with Gasteiger partial charge < -0.3 is 0 Å². The molecule has 0 heterocycles. The average molecular weight is 271 g/mol. The lowest BCUT2D eigenvalue weighted by Gasteiger charge is -2.16. The number of nitrogens with zero attached hydrogens (tertiary/aromatic N) is 4. The van der Waals surface area contributed by atoms with Crippen LogP contribution in [0.15, 0.2) is 0 Å². The average Bonchev–Trinajstić information content (AvgIpc) is 2.14. The van der Waals surface area contributed by atoms with Gasteiger partial charge in [-0.15, -0.1) is 5.01 Å². The van der Waals surface area contributed by atoms with Crippen LogP contribution in [0.1, 0.15) is 6.92 Å². The van der Waals surface area contributed by atoms with Gasteiger partial charge in [0.1, 0.15) is 9.85 Å². The van der Waals surface area contributed by atoms with E-state index in [1.54, 1.807) is 0 Å². The topological polar surface area (TPSA) is 150 Å². The molecule has 0 aliphatic rings. The summed E-state index contributed by atoms with van der Waals surface area (Å²) in [6, 6.07) is 0. The predicted octanol–water partition coefficient (Wildman–Crippen LogP) is -0.485. The van der Waals surface area contributed by atoms with Gasteiger partial charge in [0.15, 0.2) is 11.6 Å². The Hall–Kier alpha value is -2.04. The van der Waals surface area contributed by atoms with E-state index in [9.17, 15) is 35.1 Å². The highest BCUT2D eigenvalue weighted by Crippen LogP contribution is 2.12. The van der Waals surface area contributed by atoms with Gasteiger partial charge in [0.05, 0.1) is 6.92 Å². The van der Waals surface area contributed by atoms with Crippen LogP contribution in [0, 0.1) is 30.3 Å². The molecule has 0 aliphatic carbocycles. The Balaban J connectivity index is 5.07.